The van der Waals surface area contributed by atoms with E-state index in [0.717, 1.165) is 0 Å². The predicted molar refractivity (Wildman–Crippen MR) is 76.4 cm³/mol. The highest BCUT2D eigenvalue weighted by Gasteiger charge is 2.15. The molecule has 108 valence electrons. The monoisotopic (exact) mass is 285 g/mol. The van der Waals surface area contributed by atoms with Crippen LogP contribution in [0.1, 0.15) is 13.8 Å². The molecule has 0 unspecified atom stereocenters. The highest BCUT2D eigenvalue weighted by atomic mass is 16.5. The van der Waals surface area contributed by atoms with Crippen LogP contribution >= 0.6 is 0 Å². The van der Waals surface area contributed by atoms with Gasteiger partial charge in [0.1, 0.15) is 11.3 Å². The highest BCUT2D eigenvalue weighted by molar-refractivity contribution is 5.55. The molecule has 7 heteroatoms. The summed E-state index contributed by atoms with van der Waals surface area (Å²) in [6, 6.07) is 3.49. The quantitative estimate of drug-likeness (QED) is 0.791. The summed E-state index contributed by atoms with van der Waals surface area (Å²) >= 11 is 0. The summed E-state index contributed by atoms with van der Waals surface area (Å²) in [7, 11) is 0. The zero-order valence-corrected chi connectivity index (χ0v) is 11.8. The molecule has 3 rings (SSSR count). The lowest BCUT2D eigenvalue weighted by molar-refractivity contribution is 0.430. The van der Waals surface area contributed by atoms with E-state index in [0.29, 0.717) is 29.5 Å². The average Bonchev–Trinajstić information content (AvgIpc) is 3.10. The molecule has 0 bridgehead atoms. The molecule has 21 heavy (non-hydrogen) atoms. The van der Waals surface area contributed by atoms with Gasteiger partial charge in [-0.2, -0.15) is 4.98 Å². The van der Waals surface area contributed by atoms with Crippen LogP contribution in [0.25, 0.3) is 23.0 Å². The molecule has 0 saturated carbocycles. The fraction of sp³-hybridized carbons (Fsp3) is 0.286. The Balaban J connectivity index is 2.00. The van der Waals surface area contributed by atoms with E-state index in [1.165, 1.54) is 6.33 Å². The molecule has 1 N–H and O–H groups in total. The van der Waals surface area contributed by atoms with Gasteiger partial charge in [-0.15, -0.1) is 0 Å². The number of aromatic nitrogens is 5. The highest BCUT2D eigenvalue weighted by Crippen LogP contribution is 2.17. The van der Waals surface area contributed by atoms with Crippen LogP contribution in [0.15, 0.2) is 40.2 Å². The first kappa shape index (κ1) is 13.3. The van der Waals surface area contributed by atoms with Gasteiger partial charge in [-0.05, 0) is 18.1 Å². The van der Waals surface area contributed by atoms with Crippen molar-refractivity contribution in [2.45, 2.75) is 20.4 Å². The topological polar surface area (TPSA) is 89.6 Å². The second kappa shape index (κ2) is 5.35. The minimum atomic E-state index is -0.133. The van der Waals surface area contributed by atoms with Crippen molar-refractivity contribution in [2.24, 2.45) is 5.92 Å². The Labute approximate surface area is 120 Å². The second-order valence-corrected chi connectivity index (χ2v) is 5.16. The van der Waals surface area contributed by atoms with Crippen LogP contribution in [0.4, 0.5) is 0 Å². The molecule has 3 heterocycles. The molecular weight excluding hydrogens is 270 g/mol. The van der Waals surface area contributed by atoms with E-state index in [1.54, 1.807) is 29.1 Å². The molecule has 0 aliphatic heterocycles. The molecule has 3 aromatic rings. The Bertz CT molecular complexity index is 786. The fourth-order valence-corrected chi connectivity index (χ4v) is 2.06. The standard InChI is InChI=1S/C14H15N5O2/c1-9(2)7-19-5-3-4-10(14(19)20)13-17-12(18-21-13)11-6-15-8-16-11/h3-6,8-9H,7H2,1-2H3,(H,15,16). The zero-order chi connectivity index (χ0) is 14.8. The maximum atomic E-state index is 12.4. The van der Waals surface area contributed by atoms with Crippen LogP contribution in [0, 0.1) is 5.92 Å². The maximum Gasteiger partial charge on any atom is 0.263 e. The molecule has 0 saturated heterocycles. The Morgan fingerprint density at radius 3 is 3.00 bits per heavy atom. The van der Waals surface area contributed by atoms with E-state index in [-0.39, 0.29) is 11.4 Å². The maximum absolute atomic E-state index is 12.4. The molecule has 0 aliphatic rings. The third-order valence-electron chi connectivity index (χ3n) is 2.98. The summed E-state index contributed by atoms with van der Waals surface area (Å²) in [6.45, 7) is 4.76. The summed E-state index contributed by atoms with van der Waals surface area (Å²) in [5.74, 6) is 0.963. The Hall–Kier alpha value is -2.70. The van der Waals surface area contributed by atoms with Crippen LogP contribution in [-0.4, -0.2) is 24.7 Å². The third kappa shape index (κ3) is 2.62. The summed E-state index contributed by atoms with van der Waals surface area (Å²) in [5.41, 5.74) is 0.908. The summed E-state index contributed by atoms with van der Waals surface area (Å²) in [5, 5.41) is 3.86. The van der Waals surface area contributed by atoms with Crippen molar-refractivity contribution in [2.75, 3.05) is 0 Å². The number of rotatable bonds is 4. The van der Waals surface area contributed by atoms with Crippen LogP contribution < -0.4 is 5.56 Å². The minimum absolute atomic E-state index is 0.133. The first-order chi connectivity index (χ1) is 10.1. The van der Waals surface area contributed by atoms with Crippen molar-refractivity contribution >= 4 is 0 Å². The first-order valence-corrected chi connectivity index (χ1v) is 6.67. The number of aromatic amines is 1. The molecule has 3 aromatic heterocycles. The molecule has 0 spiro atoms. The molecule has 0 atom stereocenters. The number of H-pyrrole nitrogens is 1. The van der Waals surface area contributed by atoms with Crippen LogP contribution in [-0.2, 0) is 6.54 Å². The normalized spacial score (nSPS) is 11.2. The number of pyridine rings is 1. The smallest absolute Gasteiger partial charge is 0.263 e. The van der Waals surface area contributed by atoms with Crippen molar-refractivity contribution in [1.82, 2.24) is 24.7 Å². The first-order valence-electron chi connectivity index (χ1n) is 6.67. The zero-order valence-electron chi connectivity index (χ0n) is 11.8. The SMILES string of the molecule is CC(C)Cn1cccc(-c2nc(-c3cnc[nH]3)no2)c1=O. The van der Waals surface area contributed by atoms with Gasteiger partial charge in [-0.25, -0.2) is 4.98 Å². The van der Waals surface area contributed by atoms with Gasteiger partial charge in [-0.3, -0.25) is 4.79 Å². The molecule has 0 aromatic carbocycles. The van der Waals surface area contributed by atoms with Gasteiger partial charge >= 0.3 is 0 Å². The van der Waals surface area contributed by atoms with Crippen LogP contribution in [0.3, 0.4) is 0 Å². The lowest BCUT2D eigenvalue weighted by Gasteiger charge is -2.08. The Kier molecular flexibility index (Phi) is 3.39. The van der Waals surface area contributed by atoms with Crippen molar-refractivity contribution in [1.29, 1.82) is 0 Å². The number of nitrogens with zero attached hydrogens (tertiary/aromatic N) is 4. The largest absolute Gasteiger partial charge is 0.342 e. The molecule has 0 fully saturated rings. The van der Waals surface area contributed by atoms with Crippen molar-refractivity contribution < 1.29 is 4.52 Å². The predicted octanol–water partition coefficient (Wildman–Crippen LogP) is 1.94. The summed E-state index contributed by atoms with van der Waals surface area (Å²) < 4.78 is 6.85. The van der Waals surface area contributed by atoms with E-state index < -0.39 is 0 Å². The summed E-state index contributed by atoms with van der Waals surface area (Å²) in [4.78, 5) is 23.5. The van der Waals surface area contributed by atoms with E-state index in [9.17, 15) is 4.79 Å². The van der Waals surface area contributed by atoms with Gasteiger partial charge in [0, 0.05) is 12.7 Å². The van der Waals surface area contributed by atoms with Crippen molar-refractivity contribution in [3.8, 4) is 23.0 Å². The van der Waals surface area contributed by atoms with Crippen molar-refractivity contribution in [3.63, 3.8) is 0 Å². The lowest BCUT2D eigenvalue weighted by atomic mass is 10.2. The molecule has 0 aliphatic carbocycles. The third-order valence-corrected chi connectivity index (χ3v) is 2.98. The average molecular weight is 285 g/mol. The van der Waals surface area contributed by atoms with Gasteiger partial charge in [0.2, 0.25) is 5.82 Å². The van der Waals surface area contributed by atoms with Crippen LogP contribution in [0.2, 0.25) is 0 Å². The number of imidazole rings is 1. The minimum Gasteiger partial charge on any atom is -0.342 e. The van der Waals surface area contributed by atoms with Crippen molar-refractivity contribution in [3.05, 3.63) is 41.2 Å². The summed E-state index contributed by atoms with van der Waals surface area (Å²) in [6.07, 6.45) is 4.89. The van der Waals surface area contributed by atoms with Gasteiger partial charge in [-0.1, -0.05) is 19.0 Å². The van der Waals surface area contributed by atoms with Gasteiger partial charge in [0.15, 0.2) is 0 Å². The van der Waals surface area contributed by atoms with E-state index in [1.807, 2.05) is 0 Å². The second-order valence-electron chi connectivity index (χ2n) is 5.16. The van der Waals surface area contributed by atoms with Gasteiger partial charge < -0.3 is 14.1 Å². The lowest BCUT2D eigenvalue weighted by Crippen LogP contribution is -2.23. The molecule has 0 amide bonds. The van der Waals surface area contributed by atoms with E-state index >= 15 is 0 Å². The number of hydrogen-bond donors (Lipinski definition) is 1. The Morgan fingerprint density at radius 2 is 2.29 bits per heavy atom. The number of hydrogen-bond acceptors (Lipinski definition) is 5. The fourth-order valence-electron chi connectivity index (χ4n) is 2.06. The van der Waals surface area contributed by atoms with Gasteiger partial charge in [0.05, 0.1) is 12.5 Å². The van der Waals surface area contributed by atoms with E-state index in [4.69, 9.17) is 4.52 Å². The Morgan fingerprint density at radius 1 is 1.43 bits per heavy atom. The van der Waals surface area contributed by atoms with Gasteiger partial charge in [0.25, 0.3) is 11.4 Å². The van der Waals surface area contributed by atoms with E-state index in [2.05, 4.69) is 34.0 Å². The molecule has 7 nitrogen and oxygen atoms in total. The molecular formula is C14H15N5O2. The molecule has 0 radical (unpaired) electrons. The van der Waals surface area contributed by atoms with Crippen LogP contribution in [0.5, 0.6) is 0 Å². The number of nitrogens with one attached hydrogen (secondary N) is 1.